The third kappa shape index (κ3) is 5.04. The molecule has 0 fully saturated rings. The number of nitrogens with zero attached hydrogens (tertiary/aromatic N) is 2. The van der Waals surface area contributed by atoms with Crippen LogP contribution in [0.4, 0.5) is 11.5 Å². The monoisotopic (exact) mass is 525 g/mol. The van der Waals surface area contributed by atoms with E-state index in [-0.39, 0.29) is 36.9 Å². The van der Waals surface area contributed by atoms with E-state index in [0.29, 0.717) is 24.3 Å². The molecule has 0 saturated heterocycles. The van der Waals surface area contributed by atoms with Crippen LogP contribution in [-0.2, 0) is 39.2 Å². The van der Waals surface area contributed by atoms with Crippen LogP contribution in [0.2, 0.25) is 0 Å². The summed E-state index contributed by atoms with van der Waals surface area (Å²) in [5, 5.41) is 5.89. The van der Waals surface area contributed by atoms with Crippen molar-refractivity contribution in [3.8, 4) is 0 Å². The third-order valence-corrected chi connectivity index (χ3v) is 7.63. The van der Waals surface area contributed by atoms with Crippen LogP contribution in [0.25, 0.3) is 0 Å². The van der Waals surface area contributed by atoms with E-state index in [1.807, 2.05) is 82.3 Å². The van der Waals surface area contributed by atoms with Crippen molar-refractivity contribution in [2.24, 2.45) is 11.1 Å². The van der Waals surface area contributed by atoms with Gasteiger partial charge >= 0.3 is 0 Å². The first-order valence-corrected chi connectivity index (χ1v) is 13.3. The molecule has 3 aromatic rings. The first-order valence-electron chi connectivity index (χ1n) is 13.3. The standard InChI is InChI=1S/C31H35N5O3/c1-19(32)24-9-6-5-8-21(24)17-36(29(39)30(2,3)4)18-26(37)34-23-12-11-20-15-31(16-22(20)14-23)25-10-7-13-33-27(25)35-28(31)38/h5-14,19H,15-18,32H2,1-4H3,(H,34,37)(H,33,35,38). The molecule has 1 spiro atoms. The number of nitrogens with two attached hydrogens (primary N) is 1. The number of nitrogens with one attached hydrogen (secondary N) is 2. The summed E-state index contributed by atoms with van der Waals surface area (Å²) >= 11 is 0. The topological polar surface area (TPSA) is 117 Å². The number of anilines is 2. The van der Waals surface area contributed by atoms with Gasteiger partial charge in [0.25, 0.3) is 0 Å². The summed E-state index contributed by atoms with van der Waals surface area (Å²) in [6, 6.07) is 17.1. The van der Waals surface area contributed by atoms with Crippen LogP contribution in [0.15, 0.2) is 60.8 Å². The van der Waals surface area contributed by atoms with E-state index in [9.17, 15) is 14.4 Å². The van der Waals surface area contributed by atoms with Crippen LogP contribution in [0, 0.1) is 5.41 Å². The fraction of sp³-hybridized carbons (Fsp3) is 0.355. The molecule has 2 unspecified atom stereocenters. The maximum Gasteiger partial charge on any atom is 0.244 e. The van der Waals surface area contributed by atoms with Crippen LogP contribution in [-0.4, -0.2) is 34.2 Å². The van der Waals surface area contributed by atoms with Gasteiger partial charge in [-0.25, -0.2) is 4.98 Å². The van der Waals surface area contributed by atoms with Crippen molar-refractivity contribution >= 4 is 29.2 Å². The van der Waals surface area contributed by atoms with E-state index in [4.69, 9.17) is 5.73 Å². The minimum atomic E-state index is -0.669. The molecular weight excluding hydrogens is 490 g/mol. The van der Waals surface area contributed by atoms with Gasteiger partial charge in [-0.15, -0.1) is 0 Å². The van der Waals surface area contributed by atoms with E-state index < -0.39 is 10.8 Å². The molecule has 0 radical (unpaired) electrons. The Morgan fingerprint density at radius 3 is 2.59 bits per heavy atom. The number of carbonyl (C=O) groups excluding carboxylic acids is 3. The fourth-order valence-electron chi connectivity index (χ4n) is 5.72. The van der Waals surface area contributed by atoms with Crippen molar-refractivity contribution in [2.45, 2.75) is 58.5 Å². The minimum Gasteiger partial charge on any atom is -0.329 e. The molecule has 39 heavy (non-hydrogen) atoms. The van der Waals surface area contributed by atoms with Crippen molar-refractivity contribution in [3.05, 3.63) is 88.6 Å². The molecule has 5 rings (SSSR count). The van der Waals surface area contributed by atoms with Crippen molar-refractivity contribution in [1.29, 1.82) is 0 Å². The van der Waals surface area contributed by atoms with Gasteiger partial charge in [0.05, 0.1) is 5.41 Å². The Bertz CT molecular complexity index is 1460. The summed E-state index contributed by atoms with van der Waals surface area (Å²) < 4.78 is 0. The Balaban J connectivity index is 1.33. The molecule has 202 valence electrons. The SMILES string of the molecule is CC(N)c1ccccc1CN(CC(=O)Nc1ccc2c(c1)CC1(C2)C(=O)Nc2ncccc21)C(=O)C(C)(C)C. The lowest BCUT2D eigenvalue weighted by molar-refractivity contribution is -0.142. The number of carbonyl (C=O) groups is 3. The molecule has 1 aromatic heterocycles. The highest BCUT2D eigenvalue weighted by Gasteiger charge is 2.51. The van der Waals surface area contributed by atoms with Crippen LogP contribution in [0.5, 0.6) is 0 Å². The zero-order chi connectivity index (χ0) is 27.9. The molecule has 3 amide bonds. The lowest BCUT2D eigenvalue weighted by atomic mass is 9.79. The molecule has 1 aliphatic heterocycles. The zero-order valence-electron chi connectivity index (χ0n) is 22.9. The van der Waals surface area contributed by atoms with Crippen LogP contribution < -0.4 is 16.4 Å². The summed E-state index contributed by atoms with van der Waals surface area (Å²) in [5.74, 6) is 0.179. The normalized spacial score (nSPS) is 18.3. The van der Waals surface area contributed by atoms with Crippen LogP contribution in [0.1, 0.15) is 61.6 Å². The van der Waals surface area contributed by atoms with Gasteiger partial charge in [0.2, 0.25) is 17.7 Å². The second-order valence-electron chi connectivity index (χ2n) is 11.7. The molecule has 0 saturated carbocycles. The first kappa shape index (κ1) is 26.6. The van der Waals surface area contributed by atoms with E-state index in [2.05, 4.69) is 15.6 Å². The maximum absolute atomic E-state index is 13.3. The van der Waals surface area contributed by atoms with Gasteiger partial charge in [0.1, 0.15) is 12.4 Å². The molecular formula is C31H35N5O3. The van der Waals surface area contributed by atoms with E-state index in [0.717, 1.165) is 27.8 Å². The Labute approximate surface area is 229 Å². The number of hydrogen-bond donors (Lipinski definition) is 3. The number of benzene rings is 2. The quantitative estimate of drug-likeness (QED) is 0.448. The Morgan fingerprint density at radius 1 is 1.10 bits per heavy atom. The van der Waals surface area contributed by atoms with Gasteiger partial charge in [-0.1, -0.05) is 57.2 Å². The molecule has 2 heterocycles. The fourth-order valence-corrected chi connectivity index (χ4v) is 5.72. The largest absolute Gasteiger partial charge is 0.329 e. The van der Waals surface area contributed by atoms with Crippen LogP contribution >= 0.6 is 0 Å². The highest BCUT2D eigenvalue weighted by atomic mass is 16.2. The average molecular weight is 526 g/mol. The van der Waals surface area contributed by atoms with Gasteiger partial charge < -0.3 is 21.3 Å². The summed E-state index contributed by atoms with van der Waals surface area (Å²) in [6.45, 7) is 7.65. The molecule has 4 N–H and O–H groups in total. The maximum atomic E-state index is 13.3. The second-order valence-corrected chi connectivity index (χ2v) is 11.7. The second kappa shape index (κ2) is 9.93. The number of amides is 3. The number of rotatable bonds is 6. The van der Waals surface area contributed by atoms with Crippen molar-refractivity contribution in [3.63, 3.8) is 0 Å². The average Bonchev–Trinajstić information content (AvgIpc) is 3.39. The van der Waals surface area contributed by atoms with Crippen LogP contribution in [0.3, 0.4) is 0 Å². The van der Waals surface area contributed by atoms with Gasteiger partial charge in [-0.3, -0.25) is 14.4 Å². The van der Waals surface area contributed by atoms with E-state index >= 15 is 0 Å². The predicted molar refractivity (Wildman–Crippen MR) is 151 cm³/mol. The summed E-state index contributed by atoms with van der Waals surface area (Å²) in [6.07, 6.45) is 2.81. The lowest BCUT2D eigenvalue weighted by Gasteiger charge is -2.30. The van der Waals surface area contributed by atoms with Crippen molar-refractivity contribution in [1.82, 2.24) is 9.88 Å². The summed E-state index contributed by atoms with van der Waals surface area (Å²) in [7, 11) is 0. The Kier molecular flexibility index (Phi) is 6.76. The summed E-state index contributed by atoms with van der Waals surface area (Å²) in [5.41, 5.74) is 10.4. The highest BCUT2D eigenvalue weighted by Crippen LogP contribution is 2.46. The minimum absolute atomic E-state index is 0.0404. The van der Waals surface area contributed by atoms with E-state index in [1.165, 1.54) is 0 Å². The number of hydrogen-bond acceptors (Lipinski definition) is 5. The molecule has 2 atom stereocenters. The van der Waals surface area contributed by atoms with E-state index in [1.54, 1.807) is 11.1 Å². The molecule has 8 heteroatoms. The number of pyridine rings is 1. The Morgan fingerprint density at radius 2 is 1.85 bits per heavy atom. The Hall–Kier alpha value is -4.04. The smallest absolute Gasteiger partial charge is 0.244 e. The number of aromatic nitrogens is 1. The zero-order valence-corrected chi connectivity index (χ0v) is 22.9. The summed E-state index contributed by atoms with van der Waals surface area (Å²) in [4.78, 5) is 45.5. The van der Waals surface area contributed by atoms with Gasteiger partial charge in [0.15, 0.2) is 0 Å². The van der Waals surface area contributed by atoms with Gasteiger partial charge in [-0.05, 0) is 60.2 Å². The van der Waals surface area contributed by atoms with Gasteiger partial charge in [-0.2, -0.15) is 0 Å². The first-order chi connectivity index (χ1) is 18.5. The molecule has 1 aliphatic carbocycles. The number of fused-ring (bicyclic) bond motifs is 3. The molecule has 2 aromatic carbocycles. The predicted octanol–water partition coefficient (Wildman–Crippen LogP) is 4.10. The van der Waals surface area contributed by atoms with Gasteiger partial charge in [0, 0.05) is 35.4 Å². The molecule has 0 bridgehead atoms. The third-order valence-electron chi connectivity index (χ3n) is 7.63. The van der Waals surface area contributed by atoms with Crippen molar-refractivity contribution in [2.75, 3.05) is 17.2 Å². The molecule has 2 aliphatic rings. The molecule has 8 nitrogen and oxygen atoms in total. The highest BCUT2D eigenvalue weighted by molar-refractivity contribution is 6.06. The lowest BCUT2D eigenvalue weighted by Crippen LogP contribution is -2.43. The van der Waals surface area contributed by atoms with Crippen molar-refractivity contribution < 1.29 is 14.4 Å².